The minimum Gasteiger partial charge on any atom is -0.339 e. The molecular formula is C19H27NO3S. The van der Waals surface area contributed by atoms with E-state index in [1.165, 1.54) is 24.0 Å². The zero-order valence-corrected chi connectivity index (χ0v) is 15.4. The van der Waals surface area contributed by atoms with Crippen molar-refractivity contribution in [3.8, 4) is 0 Å². The van der Waals surface area contributed by atoms with E-state index in [-0.39, 0.29) is 29.4 Å². The number of hydrogen-bond acceptors (Lipinski definition) is 3. The molecule has 2 atom stereocenters. The first kappa shape index (κ1) is 17.5. The van der Waals surface area contributed by atoms with Crippen molar-refractivity contribution in [3.05, 3.63) is 35.4 Å². The fourth-order valence-corrected chi connectivity index (χ4v) is 5.49. The van der Waals surface area contributed by atoms with Crippen molar-refractivity contribution in [2.24, 2.45) is 11.8 Å². The molecule has 2 fully saturated rings. The maximum absolute atomic E-state index is 12.9. The Labute approximate surface area is 145 Å². The van der Waals surface area contributed by atoms with E-state index in [4.69, 9.17) is 0 Å². The van der Waals surface area contributed by atoms with Crippen molar-refractivity contribution in [2.75, 3.05) is 18.1 Å². The van der Waals surface area contributed by atoms with Gasteiger partial charge in [-0.3, -0.25) is 4.79 Å². The second kappa shape index (κ2) is 6.87. The zero-order chi connectivity index (χ0) is 17.3. The van der Waals surface area contributed by atoms with Crippen LogP contribution in [-0.4, -0.2) is 43.3 Å². The average Bonchev–Trinajstić information content (AvgIpc) is 3.32. The number of carbonyl (C=O) groups is 1. The van der Waals surface area contributed by atoms with Crippen LogP contribution in [0.25, 0.3) is 0 Å². The number of sulfone groups is 1. The Hall–Kier alpha value is -1.36. The van der Waals surface area contributed by atoms with Gasteiger partial charge in [-0.15, -0.1) is 0 Å². The Morgan fingerprint density at radius 2 is 1.88 bits per heavy atom. The molecule has 0 spiro atoms. The Morgan fingerprint density at radius 3 is 2.38 bits per heavy atom. The second-order valence-electron chi connectivity index (χ2n) is 7.32. The van der Waals surface area contributed by atoms with Gasteiger partial charge in [0.15, 0.2) is 9.84 Å². The highest BCUT2D eigenvalue weighted by Gasteiger charge is 2.41. The Balaban J connectivity index is 1.75. The first-order valence-electron chi connectivity index (χ1n) is 8.96. The SMILES string of the molecule is CCN(C(=O)C1CCS(=O)(=O)C1)C(Cc1ccc(C)cc1)C1CC1. The van der Waals surface area contributed by atoms with Crippen LogP contribution < -0.4 is 0 Å². The fraction of sp³-hybridized carbons (Fsp3) is 0.632. The molecule has 4 nitrogen and oxygen atoms in total. The lowest BCUT2D eigenvalue weighted by atomic mass is 9.97. The number of carbonyl (C=O) groups excluding carboxylic acids is 1. The second-order valence-corrected chi connectivity index (χ2v) is 9.55. The molecule has 1 heterocycles. The molecule has 0 bridgehead atoms. The third-order valence-electron chi connectivity index (χ3n) is 5.34. The molecule has 1 amide bonds. The van der Waals surface area contributed by atoms with E-state index in [0.29, 0.717) is 18.9 Å². The van der Waals surface area contributed by atoms with E-state index in [0.717, 1.165) is 6.42 Å². The molecule has 132 valence electrons. The van der Waals surface area contributed by atoms with Gasteiger partial charge in [0.2, 0.25) is 5.91 Å². The predicted octanol–water partition coefficient (Wildman–Crippen LogP) is 2.60. The quantitative estimate of drug-likeness (QED) is 0.793. The molecule has 5 heteroatoms. The summed E-state index contributed by atoms with van der Waals surface area (Å²) >= 11 is 0. The van der Waals surface area contributed by atoms with E-state index < -0.39 is 9.84 Å². The highest BCUT2D eigenvalue weighted by Crippen LogP contribution is 2.38. The van der Waals surface area contributed by atoms with E-state index in [2.05, 4.69) is 31.2 Å². The van der Waals surface area contributed by atoms with Crippen LogP contribution in [0.4, 0.5) is 0 Å². The highest BCUT2D eigenvalue weighted by molar-refractivity contribution is 7.91. The summed E-state index contributed by atoms with van der Waals surface area (Å²) in [4.78, 5) is 14.9. The van der Waals surface area contributed by atoms with Crippen molar-refractivity contribution < 1.29 is 13.2 Å². The Morgan fingerprint density at radius 1 is 1.21 bits per heavy atom. The number of rotatable bonds is 6. The molecule has 1 aliphatic carbocycles. The molecule has 2 unspecified atom stereocenters. The molecule has 3 rings (SSSR count). The number of benzene rings is 1. The molecule has 24 heavy (non-hydrogen) atoms. The number of hydrogen-bond donors (Lipinski definition) is 0. The summed E-state index contributed by atoms with van der Waals surface area (Å²) in [6.07, 6.45) is 3.69. The summed E-state index contributed by atoms with van der Waals surface area (Å²) in [6, 6.07) is 8.71. The van der Waals surface area contributed by atoms with Crippen LogP contribution in [0, 0.1) is 18.8 Å². The zero-order valence-electron chi connectivity index (χ0n) is 14.6. The van der Waals surface area contributed by atoms with Gasteiger partial charge in [0.1, 0.15) is 0 Å². The lowest BCUT2D eigenvalue weighted by Crippen LogP contribution is -2.46. The number of nitrogens with zero attached hydrogens (tertiary/aromatic N) is 1. The van der Waals surface area contributed by atoms with Gasteiger partial charge in [-0.1, -0.05) is 29.8 Å². The van der Waals surface area contributed by atoms with Gasteiger partial charge in [0.25, 0.3) is 0 Å². The summed E-state index contributed by atoms with van der Waals surface area (Å²) in [5.41, 5.74) is 2.49. The van der Waals surface area contributed by atoms with Crippen LogP contribution in [0.5, 0.6) is 0 Å². The normalized spacial score (nSPS) is 23.8. The van der Waals surface area contributed by atoms with Crippen LogP contribution in [0.1, 0.15) is 37.3 Å². The Kier molecular flexibility index (Phi) is 5.00. The summed E-state index contributed by atoms with van der Waals surface area (Å²) in [6.45, 7) is 4.73. The van der Waals surface area contributed by atoms with Crippen molar-refractivity contribution >= 4 is 15.7 Å². The van der Waals surface area contributed by atoms with Crippen molar-refractivity contribution in [2.45, 2.75) is 45.6 Å². The van der Waals surface area contributed by atoms with E-state index in [9.17, 15) is 13.2 Å². The van der Waals surface area contributed by atoms with Gasteiger partial charge in [0.05, 0.1) is 17.4 Å². The minimum absolute atomic E-state index is 0.0320. The molecule has 1 aromatic rings. The maximum Gasteiger partial charge on any atom is 0.226 e. The molecule has 1 saturated carbocycles. The van der Waals surface area contributed by atoms with E-state index >= 15 is 0 Å². The molecule has 0 aromatic heterocycles. The number of amides is 1. The summed E-state index contributed by atoms with van der Waals surface area (Å²) in [7, 11) is -3.02. The molecule has 1 saturated heterocycles. The van der Waals surface area contributed by atoms with Gasteiger partial charge in [0, 0.05) is 12.6 Å². The molecule has 1 aromatic carbocycles. The van der Waals surface area contributed by atoms with Gasteiger partial charge in [-0.25, -0.2) is 8.42 Å². The smallest absolute Gasteiger partial charge is 0.226 e. The average molecular weight is 349 g/mol. The van der Waals surface area contributed by atoms with Gasteiger partial charge in [-0.05, 0) is 51.0 Å². The molecular weight excluding hydrogens is 322 g/mol. The standard InChI is InChI=1S/C19H27NO3S/c1-3-20(19(21)17-10-11-24(22,23)13-17)18(16-8-9-16)12-15-6-4-14(2)5-7-15/h4-7,16-18H,3,8-13H2,1-2H3. The van der Waals surface area contributed by atoms with Crippen LogP contribution in [0.2, 0.25) is 0 Å². The number of likely N-dealkylation sites (N-methyl/N-ethyl adjacent to an activating group) is 1. The molecule has 0 radical (unpaired) electrons. The van der Waals surface area contributed by atoms with E-state index in [1.807, 2.05) is 11.8 Å². The third-order valence-corrected chi connectivity index (χ3v) is 7.11. The molecule has 2 aliphatic rings. The summed E-state index contributed by atoms with van der Waals surface area (Å²) < 4.78 is 23.4. The first-order chi connectivity index (χ1) is 11.4. The molecule has 0 N–H and O–H groups in total. The van der Waals surface area contributed by atoms with E-state index in [1.54, 1.807) is 0 Å². The monoisotopic (exact) mass is 349 g/mol. The topological polar surface area (TPSA) is 54.5 Å². The fourth-order valence-electron chi connectivity index (χ4n) is 3.76. The van der Waals surface area contributed by atoms with Crippen molar-refractivity contribution in [1.82, 2.24) is 4.90 Å². The predicted molar refractivity (Wildman–Crippen MR) is 95.5 cm³/mol. The molecule has 1 aliphatic heterocycles. The summed E-state index contributed by atoms with van der Waals surface area (Å²) in [5.74, 6) is 0.460. The lowest BCUT2D eigenvalue weighted by molar-refractivity contribution is -0.137. The van der Waals surface area contributed by atoms with Crippen LogP contribution in [0.3, 0.4) is 0 Å². The largest absolute Gasteiger partial charge is 0.339 e. The maximum atomic E-state index is 12.9. The summed E-state index contributed by atoms with van der Waals surface area (Å²) in [5, 5.41) is 0. The highest BCUT2D eigenvalue weighted by atomic mass is 32.2. The van der Waals surface area contributed by atoms with Gasteiger partial charge in [-0.2, -0.15) is 0 Å². The first-order valence-corrected chi connectivity index (χ1v) is 10.8. The number of aryl methyl sites for hydroxylation is 1. The van der Waals surface area contributed by atoms with Gasteiger partial charge >= 0.3 is 0 Å². The third kappa shape index (κ3) is 4.00. The van der Waals surface area contributed by atoms with Crippen molar-refractivity contribution in [3.63, 3.8) is 0 Å². The van der Waals surface area contributed by atoms with Crippen LogP contribution >= 0.6 is 0 Å². The lowest BCUT2D eigenvalue weighted by Gasteiger charge is -2.33. The van der Waals surface area contributed by atoms with Crippen LogP contribution in [-0.2, 0) is 21.1 Å². The Bertz CT molecular complexity index is 692. The minimum atomic E-state index is -3.02. The van der Waals surface area contributed by atoms with Crippen molar-refractivity contribution in [1.29, 1.82) is 0 Å². The van der Waals surface area contributed by atoms with Gasteiger partial charge < -0.3 is 4.90 Å². The van der Waals surface area contributed by atoms with Crippen LogP contribution in [0.15, 0.2) is 24.3 Å².